The lowest BCUT2D eigenvalue weighted by Gasteiger charge is -2.33. The van der Waals surface area contributed by atoms with Gasteiger partial charge in [0, 0.05) is 5.92 Å². The minimum absolute atomic E-state index is 0.0286. The molecule has 1 N–H and O–H groups in total. The van der Waals surface area contributed by atoms with Crippen LogP contribution in [0.2, 0.25) is 0 Å². The monoisotopic (exact) mass is 254 g/mol. The summed E-state index contributed by atoms with van der Waals surface area (Å²) in [6.45, 7) is 4.14. The predicted octanol–water partition coefficient (Wildman–Crippen LogP) is 2.45. The van der Waals surface area contributed by atoms with E-state index in [9.17, 15) is 23.1 Å². The topological polar surface area (TPSA) is 46.5 Å². The first-order chi connectivity index (χ1) is 7.75. The molecule has 100 valence electrons. The van der Waals surface area contributed by atoms with Crippen LogP contribution < -0.4 is 0 Å². The third-order valence-corrected chi connectivity index (χ3v) is 2.42. The Hall–Kier alpha value is -1.04. The van der Waals surface area contributed by atoms with Gasteiger partial charge in [-0.05, 0) is 20.3 Å². The van der Waals surface area contributed by atoms with Crippen molar-refractivity contribution in [2.24, 2.45) is 5.92 Å². The molecule has 0 aromatic heterocycles. The van der Waals surface area contributed by atoms with Crippen molar-refractivity contribution in [3.05, 3.63) is 12.2 Å². The maximum absolute atomic E-state index is 12.9. The summed E-state index contributed by atoms with van der Waals surface area (Å²) in [7, 11) is 0. The highest BCUT2D eigenvalue weighted by atomic mass is 19.4. The van der Waals surface area contributed by atoms with Gasteiger partial charge in [-0.2, -0.15) is 13.2 Å². The van der Waals surface area contributed by atoms with Crippen LogP contribution >= 0.6 is 0 Å². The van der Waals surface area contributed by atoms with E-state index in [4.69, 9.17) is 0 Å². The van der Waals surface area contributed by atoms with Crippen LogP contribution in [0.15, 0.2) is 12.2 Å². The number of esters is 1. The third-order valence-electron chi connectivity index (χ3n) is 2.42. The van der Waals surface area contributed by atoms with E-state index in [0.717, 1.165) is 6.08 Å². The van der Waals surface area contributed by atoms with E-state index < -0.39 is 23.7 Å². The zero-order valence-corrected chi connectivity index (χ0v) is 10.0. The average molecular weight is 254 g/mol. The summed E-state index contributed by atoms with van der Waals surface area (Å²) in [6.07, 6.45) is -2.58. The number of carbonyl (C=O) groups is 1. The molecule has 6 heteroatoms. The van der Waals surface area contributed by atoms with Gasteiger partial charge in [0.05, 0.1) is 6.61 Å². The maximum Gasteiger partial charge on any atom is 0.428 e. The summed E-state index contributed by atoms with van der Waals surface area (Å²) in [6, 6.07) is 0. The van der Waals surface area contributed by atoms with E-state index in [1.54, 1.807) is 0 Å². The quantitative estimate of drug-likeness (QED) is 0.605. The number of allylic oxidation sites excluding steroid dienone is 1. The van der Waals surface area contributed by atoms with Crippen LogP contribution in [0.5, 0.6) is 0 Å². The normalized spacial score (nSPS) is 17.8. The van der Waals surface area contributed by atoms with E-state index >= 15 is 0 Å². The fourth-order valence-corrected chi connectivity index (χ4v) is 1.52. The number of halogens is 3. The molecule has 17 heavy (non-hydrogen) atoms. The van der Waals surface area contributed by atoms with E-state index in [2.05, 4.69) is 4.74 Å². The van der Waals surface area contributed by atoms with Crippen LogP contribution in [0.1, 0.15) is 27.2 Å². The highest BCUT2D eigenvalue weighted by Crippen LogP contribution is 2.39. The molecule has 0 spiro atoms. The number of rotatable bonds is 5. The number of hydrogen-bond acceptors (Lipinski definition) is 3. The second-order valence-corrected chi connectivity index (χ2v) is 3.53. The smallest absolute Gasteiger partial charge is 0.428 e. The molecule has 0 bridgehead atoms. The molecule has 0 aliphatic rings. The average Bonchev–Trinajstić information content (AvgIpc) is 2.23. The molecule has 0 fully saturated rings. The van der Waals surface area contributed by atoms with Crippen molar-refractivity contribution in [2.75, 3.05) is 6.61 Å². The van der Waals surface area contributed by atoms with Crippen molar-refractivity contribution in [2.45, 2.75) is 39.0 Å². The molecule has 0 rings (SSSR count). The molecule has 0 radical (unpaired) electrons. The Bertz CT molecular complexity index is 286. The fourth-order valence-electron chi connectivity index (χ4n) is 1.52. The zero-order valence-electron chi connectivity index (χ0n) is 10.0. The molecule has 0 aromatic carbocycles. The largest absolute Gasteiger partial charge is 0.464 e. The van der Waals surface area contributed by atoms with Crippen molar-refractivity contribution >= 4 is 5.97 Å². The predicted molar refractivity (Wildman–Crippen MR) is 56.2 cm³/mol. The molecule has 0 aliphatic carbocycles. The number of aliphatic hydroxyl groups is 1. The summed E-state index contributed by atoms with van der Waals surface area (Å²) in [5.41, 5.74) is -3.48. The van der Waals surface area contributed by atoms with Gasteiger partial charge in [0.15, 0.2) is 0 Å². The first-order valence-electron chi connectivity index (χ1n) is 5.34. The Balaban J connectivity index is 5.44. The van der Waals surface area contributed by atoms with Crippen LogP contribution in [0, 0.1) is 5.92 Å². The van der Waals surface area contributed by atoms with Gasteiger partial charge in [-0.3, -0.25) is 0 Å². The van der Waals surface area contributed by atoms with Gasteiger partial charge in [0.2, 0.25) is 0 Å². The number of hydrogen-bond donors (Lipinski definition) is 1. The van der Waals surface area contributed by atoms with Crippen LogP contribution in [-0.4, -0.2) is 29.5 Å². The molecule has 0 aliphatic heterocycles. The Morgan fingerprint density at radius 1 is 1.41 bits per heavy atom. The van der Waals surface area contributed by atoms with Gasteiger partial charge in [0.25, 0.3) is 5.60 Å². The molecule has 0 heterocycles. The van der Waals surface area contributed by atoms with Gasteiger partial charge >= 0.3 is 12.1 Å². The van der Waals surface area contributed by atoms with E-state index in [-0.39, 0.29) is 13.0 Å². The Labute approximate surface area is 98.3 Å². The van der Waals surface area contributed by atoms with E-state index in [0.29, 0.717) is 0 Å². The molecule has 2 atom stereocenters. The summed E-state index contributed by atoms with van der Waals surface area (Å²) in [5.74, 6) is -3.01. The number of alkyl halides is 3. The second-order valence-electron chi connectivity index (χ2n) is 3.53. The summed E-state index contributed by atoms with van der Waals surface area (Å²) in [4.78, 5) is 11.4. The lowest BCUT2D eigenvalue weighted by molar-refractivity contribution is -0.274. The Morgan fingerprint density at radius 2 is 1.94 bits per heavy atom. The van der Waals surface area contributed by atoms with Crippen molar-refractivity contribution in [3.63, 3.8) is 0 Å². The first kappa shape index (κ1) is 16.0. The Morgan fingerprint density at radius 3 is 2.24 bits per heavy atom. The molecule has 3 nitrogen and oxygen atoms in total. The van der Waals surface area contributed by atoms with Crippen molar-refractivity contribution < 1.29 is 27.8 Å². The fraction of sp³-hybridized carbons (Fsp3) is 0.727. The van der Waals surface area contributed by atoms with Gasteiger partial charge in [-0.25, -0.2) is 4.79 Å². The number of ether oxygens (including phenoxy) is 1. The van der Waals surface area contributed by atoms with E-state index in [1.807, 2.05) is 0 Å². The molecule has 0 saturated carbocycles. The molecular weight excluding hydrogens is 237 g/mol. The van der Waals surface area contributed by atoms with Crippen LogP contribution in [-0.2, 0) is 9.53 Å². The highest BCUT2D eigenvalue weighted by Gasteiger charge is 2.64. The summed E-state index contributed by atoms with van der Waals surface area (Å²) < 4.78 is 42.9. The third kappa shape index (κ3) is 3.21. The summed E-state index contributed by atoms with van der Waals surface area (Å²) in [5, 5.41) is 9.69. The second kappa shape index (κ2) is 6.05. The van der Waals surface area contributed by atoms with Gasteiger partial charge in [0.1, 0.15) is 0 Å². The molecule has 0 amide bonds. The molecule has 2 unspecified atom stereocenters. The Kier molecular flexibility index (Phi) is 5.68. The van der Waals surface area contributed by atoms with Crippen molar-refractivity contribution in [1.82, 2.24) is 0 Å². The molecule has 0 saturated heterocycles. The standard InChI is InChI=1S/C11H17F3O3/c1-4-7-8(5-2)10(16,11(12,13)14)9(15)17-6-3/h4,7-8,16H,5-6H2,1-3H3/b7-4+. The van der Waals surface area contributed by atoms with E-state index in [1.165, 1.54) is 26.8 Å². The van der Waals surface area contributed by atoms with Gasteiger partial charge in [-0.1, -0.05) is 19.1 Å². The number of carbonyl (C=O) groups excluding carboxylic acids is 1. The summed E-state index contributed by atoms with van der Waals surface area (Å²) >= 11 is 0. The zero-order chi connectivity index (χ0) is 13.7. The first-order valence-corrected chi connectivity index (χ1v) is 5.34. The van der Waals surface area contributed by atoms with Crippen LogP contribution in [0.3, 0.4) is 0 Å². The van der Waals surface area contributed by atoms with Crippen LogP contribution in [0.25, 0.3) is 0 Å². The van der Waals surface area contributed by atoms with Crippen molar-refractivity contribution in [3.8, 4) is 0 Å². The maximum atomic E-state index is 12.9. The van der Waals surface area contributed by atoms with Crippen molar-refractivity contribution in [1.29, 1.82) is 0 Å². The highest BCUT2D eigenvalue weighted by molar-refractivity contribution is 5.81. The SMILES string of the molecule is C/C=C/C(CC)C(O)(C(=O)OCC)C(F)(F)F. The molecular formula is C11H17F3O3. The van der Waals surface area contributed by atoms with Gasteiger partial charge < -0.3 is 9.84 Å². The van der Waals surface area contributed by atoms with Gasteiger partial charge in [-0.15, -0.1) is 0 Å². The lowest BCUT2D eigenvalue weighted by atomic mass is 9.84. The minimum atomic E-state index is -5.07. The minimum Gasteiger partial charge on any atom is -0.464 e. The molecule has 0 aromatic rings. The lowest BCUT2D eigenvalue weighted by Crippen LogP contribution is -2.57. The van der Waals surface area contributed by atoms with Crippen LogP contribution in [0.4, 0.5) is 13.2 Å².